The zero-order valence-electron chi connectivity index (χ0n) is 10.3. The van der Waals surface area contributed by atoms with Gasteiger partial charge in [0.05, 0.1) is 7.11 Å². The molecular formula is C15H14O3. The van der Waals surface area contributed by atoms with Crippen molar-refractivity contribution in [1.82, 2.24) is 0 Å². The molecule has 0 saturated heterocycles. The lowest BCUT2D eigenvalue weighted by molar-refractivity contribution is -0.132. The lowest BCUT2D eigenvalue weighted by Gasteiger charge is -2.09. The van der Waals surface area contributed by atoms with E-state index in [0.29, 0.717) is 5.75 Å². The molecule has 0 aliphatic heterocycles. The maximum atomic E-state index is 10.9. The molecular weight excluding hydrogens is 228 g/mol. The Hall–Kier alpha value is -2.29. The van der Waals surface area contributed by atoms with E-state index in [4.69, 9.17) is 9.84 Å². The smallest absolute Gasteiger partial charge is 0.331 e. The van der Waals surface area contributed by atoms with Gasteiger partial charge in [0.2, 0.25) is 0 Å². The van der Waals surface area contributed by atoms with Gasteiger partial charge in [-0.2, -0.15) is 0 Å². The molecule has 0 aliphatic rings. The number of ether oxygens (including phenoxy) is 1. The number of hydrogen-bond acceptors (Lipinski definition) is 2. The van der Waals surface area contributed by atoms with Gasteiger partial charge in [-0.15, -0.1) is 0 Å². The van der Waals surface area contributed by atoms with E-state index in [-0.39, 0.29) is 5.57 Å². The van der Waals surface area contributed by atoms with Gasteiger partial charge in [0.25, 0.3) is 0 Å². The van der Waals surface area contributed by atoms with E-state index in [1.165, 1.54) is 0 Å². The Labute approximate surface area is 105 Å². The number of rotatable bonds is 3. The number of methoxy groups -OCH3 is 1. The molecule has 0 fully saturated rings. The summed E-state index contributed by atoms with van der Waals surface area (Å²) >= 11 is 0. The Kier molecular flexibility index (Phi) is 3.33. The van der Waals surface area contributed by atoms with Gasteiger partial charge in [-0.25, -0.2) is 4.79 Å². The molecule has 3 heteroatoms. The Morgan fingerprint density at radius 1 is 1.22 bits per heavy atom. The number of aliphatic carboxylic acids is 1. The second kappa shape index (κ2) is 4.92. The monoisotopic (exact) mass is 242 g/mol. The Morgan fingerprint density at radius 2 is 1.94 bits per heavy atom. The topological polar surface area (TPSA) is 46.5 Å². The summed E-state index contributed by atoms with van der Waals surface area (Å²) in [7, 11) is 1.58. The molecule has 0 aromatic heterocycles. The molecule has 0 unspecified atom stereocenters. The minimum Gasteiger partial charge on any atom is -0.496 e. The van der Waals surface area contributed by atoms with E-state index in [9.17, 15) is 4.79 Å². The first kappa shape index (κ1) is 12.2. The lowest BCUT2D eigenvalue weighted by atomic mass is 10.0. The van der Waals surface area contributed by atoms with Crippen molar-refractivity contribution in [3.63, 3.8) is 0 Å². The summed E-state index contributed by atoms with van der Waals surface area (Å²) < 4.78 is 5.30. The van der Waals surface area contributed by atoms with Gasteiger partial charge in [-0.3, -0.25) is 0 Å². The van der Waals surface area contributed by atoms with Crippen LogP contribution in [0.3, 0.4) is 0 Å². The summed E-state index contributed by atoms with van der Waals surface area (Å²) in [5.74, 6) is -0.251. The Bertz CT molecular complexity index is 627. The van der Waals surface area contributed by atoms with E-state index in [1.807, 2.05) is 36.4 Å². The molecule has 0 amide bonds. The minimum atomic E-state index is -0.926. The van der Waals surface area contributed by atoms with Crippen LogP contribution in [0.15, 0.2) is 42.0 Å². The quantitative estimate of drug-likeness (QED) is 0.840. The minimum absolute atomic E-state index is 0.282. The largest absolute Gasteiger partial charge is 0.496 e. The SMILES string of the molecule is COc1ccc2ccccc2c1/C=C(/C)C(=O)O. The highest BCUT2D eigenvalue weighted by atomic mass is 16.5. The van der Waals surface area contributed by atoms with E-state index in [1.54, 1.807) is 20.1 Å². The predicted molar refractivity (Wildman–Crippen MR) is 71.8 cm³/mol. The molecule has 2 aromatic rings. The fraction of sp³-hybridized carbons (Fsp3) is 0.133. The molecule has 2 aromatic carbocycles. The number of carboxylic acid groups (broad SMARTS) is 1. The maximum Gasteiger partial charge on any atom is 0.331 e. The highest BCUT2D eigenvalue weighted by molar-refractivity contribution is 5.98. The standard InChI is InChI=1S/C15H14O3/c1-10(15(16)17)9-13-12-6-4-3-5-11(12)7-8-14(13)18-2/h3-9H,1-2H3,(H,16,17)/b10-9-. The van der Waals surface area contributed by atoms with Crippen molar-refractivity contribution in [2.45, 2.75) is 6.92 Å². The third kappa shape index (κ3) is 2.20. The normalized spacial score (nSPS) is 11.6. The van der Waals surface area contributed by atoms with Crippen molar-refractivity contribution in [3.05, 3.63) is 47.5 Å². The number of fused-ring (bicyclic) bond motifs is 1. The second-order valence-electron chi connectivity index (χ2n) is 4.04. The highest BCUT2D eigenvalue weighted by Gasteiger charge is 2.08. The molecule has 0 bridgehead atoms. The first-order valence-corrected chi connectivity index (χ1v) is 5.61. The molecule has 18 heavy (non-hydrogen) atoms. The third-order valence-electron chi connectivity index (χ3n) is 2.85. The van der Waals surface area contributed by atoms with Gasteiger partial charge in [-0.1, -0.05) is 30.3 Å². The van der Waals surface area contributed by atoms with E-state index >= 15 is 0 Å². The molecule has 0 spiro atoms. The second-order valence-corrected chi connectivity index (χ2v) is 4.04. The molecule has 0 atom stereocenters. The highest BCUT2D eigenvalue weighted by Crippen LogP contribution is 2.29. The summed E-state index contributed by atoms with van der Waals surface area (Å²) in [6.45, 7) is 1.57. The average molecular weight is 242 g/mol. The summed E-state index contributed by atoms with van der Waals surface area (Å²) in [6, 6.07) is 11.6. The molecule has 92 valence electrons. The van der Waals surface area contributed by atoms with E-state index < -0.39 is 5.97 Å². The summed E-state index contributed by atoms with van der Waals surface area (Å²) in [6.07, 6.45) is 1.64. The number of hydrogen-bond donors (Lipinski definition) is 1. The van der Waals surface area contributed by atoms with Crippen LogP contribution in [0.5, 0.6) is 5.75 Å². The van der Waals surface area contributed by atoms with Gasteiger partial charge in [0.1, 0.15) is 5.75 Å². The van der Waals surface area contributed by atoms with Crippen LogP contribution in [0.2, 0.25) is 0 Å². The fourth-order valence-electron chi connectivity index (χ4n) is 1.88. The van der Waals surface area contributed by atoms with Crippen LogP contribution >= 0.6 is 0 Å². The number of carbonyl (C=O) groups is 1. The molecule has 2 rings (SSSR count). The third-order valence-corrected chi connectivity index (χ3v) is 2.85. The van der Waals surface area contributed by atoms with Gasteiger partial charge in [-0.05, 0) is 29.8 Å². The van der Waals surface area contributed by atoms with Crippen molar-refractivity contribution in [3.8, 4) is 5.75 Å². The summed E-state index contributed by atoms with van der Waals surface area (Å²) in [4.78, 5) is 10.9. The summed E-state index contributed by atoms with van der Waals surface area (Å²) in [5, 5.41) is 11.0. The van der Waals surface area contributed by atoms with E-state index in [2.05, 4.69) is 0 Å². The van der Waals surface area contributed by atoms with Crippen LogP contribution in [-0.4, -0.2) is 18.2 Å². The lowest BCUT2D eigenvalue weighted by Crippen LogP contribution is -1.97. The van der Waals surface area contributed by atoms with Crippen molar-refractivity contribution >= 4 is 22.8 Å². The van der Waals surface area contributed by atoms with Crippen molar-refractivity contribution < 1.29 is 14.6 Å². The zero-order valence-corrected chi connectivity index (χ0v) is 10.3. The van der Waals surface area contributed by atoms with Crippen LogP contribution in [0.1, 0.15) is 12.5 Å². The van der Waals surface area contributed by atoms with Gasteiger partial charge >= 0.3 is 5.97 Å². The van der Waals surface area contributed by atoms with Crippen molar-refractivity contribution in [2.75, 3.05) is 7.11 Å². The van der Waals surface area contributed by atoms with Gasteiger partial charge < -0.3 is 9.84 Å². The maximum absolute atomic E-state index is 10.9. The first-order valence-electron chi connectivity index (χ1n) is 5.61. The van der Waals surface area contributed by atoms with Gasteiger partial charge in [0.15, 0.2) is 0 Å². The molecule has 0 heterocycles. The van der Waals surface area contributed by atoms with Crippen LogP contribution in [0.4, 0.5) is 0 Å². The van der Waals surface area contributed by atoms with Crippen molar-refractivity contribution in [1.29, 1.82) is 0 Å². The molecule has 0 radical (unpaired) electrons. The molecule has 3 nitrogen and oxygen atoms in total. The first-order chi connectivity index (χ1) is 8.63. The predicted octanol–water partition coefficient (Wildman–Crippen LogP) is 3.34. The molecule has 0 aliphatic carbocycles. The average Bonchev–Trinajstić information content (AvgIpc) is 2.39. The van der Waals surface area contributed by atoms with Crippen LogP contribution < -0.4 is 4.74 Å². The Balaban J connectivity index is 2.73. The van der Waals surface area contributed by atoms with E-state index in [0.717, 1.165) is 16.3 Å². The van der Waals surface area contributed by atoms with Crippen LogP contribution in [-0.2, 0) is 4.79 Å². The van der Waals surface area contributed by atoms with Crippen LogP contribution in [0, 0.1) is 0 Å². The van der Waals surface area contributed by atoms with Gasteiger partial charge in [0, 0.05) is 11.1 Å². The zero-order chi connectivity index (χ0) is 13.1. The molecule has 0 saturated carbocycles. The van der Waals surface area contributed by atoms with Crippen LogP contribution in [0.25, 0.3) is 16.8 Å². The Morgan fingerprint density at radius 3 is 2.61 bits per heavy atom. The number of carboxylic acids is 1. The fourth-order valence-corrected chi connectivity index (χ4v) is 1.88. The summed E-state index contributed by atoms with van der Waals surface area (Å²) in [5.41, 5.74) is 1.08. The van der Waals surface area contributed by atoms with Crippen molar-refractivity contribution in [2.24, 2.45) is 0 Å². The number of benzene rings is 2. The molecule has 1 N–H and O–H groups in total.